The van der Waals surface area contributed by atoms with Gasteiger partial charge in [-0.25, -0.2) is 4.98 Å². The van der Waals surface area contributed by atoms with Gasteiger partial charge in [0, 0.05) is 38.3 Å². The van der Waals surface area contributed by atoms with Crippen molar-refractivity contribution in [2.24, 2.45) is 0 Å². The molecular formula is C15H20N4O2. The smallest absolute Gasteiger partial charge is 0.258 e. The van der Waals surface area contributed by atoms with Crippen LogP contribution >= 0.6 is 0 Å². The summed E-state index contributed by atoms with van der Waals surface area (Å²) < 4.78 is 1.50. The van der Waals surface area contributed by atoms with E-state index in [-0.39, 0.29) is 11.5 Å². The molecule has 0 bridgehead atoms. The number of rotatable bonds is 7. The summed E-state index contributed by atoms with van der Waals surface area (Å²) in [4.78, 5) is 27.7. The number of nitrogens with one attached hydrogen (secondary N) is 2. The topological polar surface area (TPSA) is 75.5 Å². The van der Waals surface area contributed by atoms with Gasteiger partial charge >= 0.3 is 0 Å². The van der Waals surface area contributed by atoms with Gasteiger partial charge in [-0.2, -0.15) is 0 Å². The van der Waals surface area contributed by atoms with Gasteiger partial charge in [0.1, 0.15) is 5.65 Å². The Hall–Kier alpha value is -2.21. The van der Waals surface area contributed by atoms with E-state index in [4.69, 9.17) is 0 Å². The van der Waals surface area contributed by atoms with Crippen LogP contribution in [0.15, 0.2) is 35.3 Å². The summed E-state index contributed by atoms with van der Waals surface area (Å²) >= 11 is 0. The van der Waals surface area contributed by atoms with Crippen molar-refractivity contribution in [3.05, 3.63) is 46.5 Å². The van der Waals surface area contributed by atoms with Crippen LogP contribution in [0.2, 0.25) is 0 Å². The maximum atomic E-state index is 11.9. The van der Waals surface area contributed by atoms with Gasteiger partial charge in [-0.3, -0.25) is 14.0 Å². The van der Waals surface area contributed by atoms with Gasteiger partial charge in [0.05, 0.1) is 5.69 Å². The van der Waals surface area contributed by atoms with Crippen LogP contribution in [0, 0.1) is 0 Å². The lowest BCUT2D eigenvalue weighted by atomic mass is 10.3. The molecule has 2 aromatic rings. The minimum atomic E-state index is -0.0990. The molecule has 6 nitrogen and oxygen atoms in total. The molecule has 0 saturated heterocycles. The summed E-state index contributed by atoms with van der Waals surface area (Å²) in [5, 5.41) is 5.95. The first-order valence-corrected chi connectivity index (χ1v) is 7.15. The molecule has 0 unspecified atom stereocenters. The highest BCUT2D eigenvalue weighted by Gasteiger charge is 2.03. The number of aromatic nitrogens is 2. The van der Waals surface area contributed by atoms with Gasteiger partial charge in [0.15, 0.2) is 0 Å². The maximum absolute atomic E-state index is 11.9. The number of fused-ring (bicyclic) bond motifs is 1. The van der Waals surface area contributed by atoms with Crippen molar-refractivity contribution in [1.82, 2.24) is 20.0 Å². The third kappa shape index (κ3) is 4.39. The second kappa shape index (κ2) is 7.54. The van der Waals surface area contributed by atoms with Crippen LogP contribution in [-0.4, -0.2) is 28.4 Å². The summed E-state index contributed by atoms with van der Waals surface area (Å²) in [7, 11) is 0. The fraction of sp³-hybridized carbons (Fsp3) is 0.400. The van der Waals surface area contributed by atoms with E-state index in [1.807, 2.05) is 13.0 Å². The lowest BCUT2D eigenvalue weighted by molar-refractivity contribution is -0.120. The lowest BCUT2D eigenvalue weighted by Gasteiger charge is -2.06. The summed E-state index contributed by atoms with van der Waals surface area (Å²) in [6, 6.07) is 6.94. The molecule has 2 N–H and O–H groups in total. The van der Waals surface area contributed by atoms with Crippen molar-refractivity contribution >= 4 is 11.6 Å². The Morgan fingerprint density at radius 3 is 3.00 bits per heavy atom. The molecule has 2 heterocycles. The fourth-order valence-electron chi connectivity index (χ4n) is 1.96. The van der Waals surface area contributed by atoms with Crippen LogP contribution < -0.4 is 16.2 Å². The third-order valence-corrected chi connectivity index (χ3v) is 3.03. The third-order valence-electron chi connectivity index (χ3n) is 3.03. The van der Waals surface area contributed by atoms with E-state index in [2.05, 4.69) is 15.6 Å². The highest BCUT2D eigenvalue weighted by molar-refractivity contribution is 5.75. The van der Waals surface area contributed by atoms with Crippen molar-refractivity contribution in [3.8, 4) is 0 Å². The molecule has 112 valence electrons. The van der Waals surface area contributed by atoms with Gasteiger partial charge in [0.2, 0.25) is 5.91 Å². The van der Waals surface area contributed by atoms with Crippen molar-refractivity contribution in [1.29, 1.82) is 0 Å². The van der Waals surface area contributed by atoms with Crippen LogP contribution in [0.1, 0.15) is 25.5 Å². The molecule has 0 fully saturated rings. The predicted molar refractivity (Wildman–Crippen MR) is 81.1 cm³/mol. The van der Waals surface area contributed by atoms with E-state index in [1.54, 1.807) is 18.3 Å². The molecule has 21 heavy (non-hydrogen) atoms. The van der Waals surface area contributed by atoms with Crippen molar-refractivity contribution in [2.75, 3.05) is 13.1 Å². The summed E-state index contributed by atoms with van der Waals surface area (Å²) in [6.07, 6.45) is 3.05. The molecule has 0 atom stereocenters. The Morgan fingerprint density at radius 2 is 2.19 bits per heavy atom. The second-order valence-electron chi connectivity index (χ2n) is 4.79. The molecule has 0 saturated carbocycles. The summed E-state index contributed by atoms with van der Waals surface area (Å²) in [5.41, 5.74) is 1.21. The van der Waals surface area contributed by atoms with Gasteiger partial charge in [-0.1, -0.05) is 13.0 Å². The first kappa shape index (κ1) is 15.2. The number of pyridine rings is 1. The van der Waals surface area contributed by atoms with E-state index in [0.717, 1.165) is 6.42 Å². The fourth-order valence-corrected chi connectivity index (χ4v) is 1.96. The van der Waals surface area contributed by atoms with Crippen LogP contribution in [-0.2, 0) is 11.3 Å². The van der Waals surface area contributed by atoms with Gasteiger partial charge in [-0.05, 0) is 18.6 Å². The largest absolute Gasteiger partial charge is 0.356 e. The quantitative estimate of drug-likeness (QED) is 0.735. The Bertz CT molecular complexity index is 666. The van der Waals surface area contributed by atoms with Crippen LogP contribution in [0.3, 0.4) is 0 Å². The molecule has 2 rings (SSSR count). The first-order valence-electron chi connectivity index (χ1n) is 7.15. The number of carbonyl (C=O) groups is 1. The van der Waals surface area contributed by atoms with E-state index in [1.165, 1.54) is 10.5 Å². The first-order chi connectivity index (χ1) is 10.2. The zero-order chi connectivity index (χ0) is 15.1. The van der Waals surface area contributed by atoms with E-state index in [9.17, 15) is 9.59 Å². The molecule has 0 aromatic carbocycles. The number of hydrogen-bond acceptors (Lipinski definition) is 4. The second-order valence-corrected chi connectivity index (χ2v) is 4.79. The number of carbonyl (C=O) groups excluding carboxylic acids is 1. The molecule has 0 aliphatic carbocycles. The average molecular weight is 288 g/mol. The summed E-state index contributed by atoms with van der Waals surface area (Å²) in [5.74, 6) is 0.0379. The standard InChI is InChI=1S/C15H20N4O2/c1-2-7-17-14(20)6-8-16-11-12-10-15(21)19-9-4-3-5-13(19)18-12/h3-5,9-10,16H,2,6-8,11H2,1H3,(H,17,20). The maximum Gasteiger partial charge on any atom is 0.258 e. The van der Waals surface area contributed by atoms with E-state index < -0.39 is 0 Å². The zero-order valence-electron chi connectivity index (χ0n) is 12.1. The SMILES string of the molecule is CCCNC(=O)CCNCc1cc(=O)n2ccccc2n1. The van der Waals surface area contributed by atoms with Crippen LogP contribution in [0.4, 0.5) is 0 Å². The molecule has 0 aliphatic rings. The van der Waals surface area contributed by atoms with Crippen LogP contribution in [0.25, 0.3) is 5.65 Å². The number of nitrogens with zero attached hydrogens (tertiary/aromatic N) is 2. The minimum absolute atomic E-state index is 0.0379. The highest BCUT2D eigenvalue weighted by atomic mass is 16.1. The van der Waals surface area contributed by atoms with Gasteiger partial charge in [-0.15, -0.1) is 0 Å². The van der Waals surface area contributed by atoms with E-state index in [0.29, 0.717) is 37.4 Å². The molecule has 1 amide bonds. The lowest BCUT2D eigenvalue weighted by Crippen LogP contribution is -2.28. The molecule has 2 aromatic heterocycles. The zero-order valence-corrected chi connectivity index (χ0v) is 12.1. The molecule has 0 spiro atoms. The van der Waals surface area contributed by atoms with Gasteiger partial charge < -0.3 is 10.6 Å². The Labute approximate surface area is 123 Å². The van der Waals surface area contributed by atoms with Crippen molar-refractivity contribution < 1.29 is 4.79 Å². The van der Waals surface area contributed by atoms with Gasteiger partial charge in [0.25, 0.3) is 5.56 Å². The molecular weight excluding hydrogens is 268 g/mol. The van der Waals surface area contributed by atoms with E-state index >= 15 is 0 Å². The van der Waals surface area contributed by atoms with Crippen LogP contribution in [0.5, 0.6) is 0 Å². The Morgan fingerprint density at radius 1 is 1.33 bits per heavy atom. The normalized spacial score (nSPS) is 10.7. The Kier molecular flexibility index (Phi) is 5.45. The minimum Gasteiger partial charge on any atom is -0.356 e. The summed E-state index contributed by atoms with van der Waals surface area (Å²) in [6.45, 7) is 3.76. The molecule has 6 heteroatoms. The monoisotopic (exact) mass is 288 g/mol. The highest BCUT2D eigenvalue weighted by Crippen LogP contribution is 1.98. The van der Waals surface area contributed by atoms with Crippen molar-refractivity contribution in [3.63, 3.8) is 0 Å². The molecule has 0 aliphatic heterocycles. The predicted octanol–water partition coefficient (Wildman–Crippen LogP) is 0.700. The number of amides is 1. The Balaban J connectivity index is 1.86. The van der Waals surface area contributed by atoms with Crippen molar-refractivity contribution in [2.45, 2.75) is 26.3 Å². The molecule has 0 radical (unpaired) electrons. The number of hydrogen-bond donors (Lipinski definition) is 2. The average Bonchev–Trinajstić information content (AvgIpc) is 2.49.